The molecule has 1 unspecified atom stereocenters. The summed E-state index contributed by atoms with van der Waals surface area (Å²) in [4.78, 5) is 21.8. The number of carbonyl (C=O) groups excluding carboxylic acids is 1. The molecule has 3 aliphatic rings. The van der Waals surface area contributed by atoms with E-state index >= 15 is 0 Å². The van der Waals surface area contributed by atoms with Crippen molar-refractivity contribution in [1.29, 1.82) is 0 Å². The quantitative estimate of drug-likeness (QED) is 0.365. The lowest BCUT2D eigenvalue weighted by Gasteiger charge is -2.36. The molecule has 3 saturated heterocycles. The third-order valence-corrected chi connectivity index (χ3v) is 5.89. The van der Waals surface area contributed by atoms with Crippen LogP contribution in [-0.2, 0) is 19.0 Å². The smallest absolute Gasteiger partial charge is 0.225 e. The van der Waals surface area contributed by atoms with Crippen LogP contribution in [0.25, 0.3) is 0 Å². The van der Waals surface area contributed by atoms with Crippen molar-refractivity contribution in [2.45, 2.75) is 32.6 Å². The van der Waals surface area contributed by atoms with Crippen molar-refractivity contribution < 1.29 is 19.0 Å². The number of nitrogens with one attached hydrogen (secondary N) is 1. The van der Waals surface area contributed by atoms with Crippen molar-refractivity contribution in [3.63, 3.8) is 0 Å². The Kier molecular flexibility index (Phi) is 9.50. The van der Waals surface area contributed by atoms with Gasteiger partial charge in [-0.3, -0.25) is 9.79 Å². The predicted octanol–water partition coefficient (Wildman–Crippen LogP) is 0.966. The molecule has 1 atom stereocenters. The van der Waals surface area contributed by atoms with Crippen LogP contribution in [0.15, 0.2) is 4.99 Å². The molecule has 3 aliphatic heterocycles. The third kappa shape index (κ3) is 7.12. The predicted molar refractivity (Wildman–Crippen MR) is 112 cm³/mol. The first kappa shape index (κ1) is 22.3. The molecule has 1 N–H and O–H groups in total. The number of ether oxygens (including phenoxy) is 3. The van der Waals surface area contributed by atoms with Gasteiger partial charge in [-0.05, 0) is 32.6 Å². The van der Waals surface area contributed by atoms with Crippen LogP contribution in [0.5, 0.6) is 0 Å². The summed E-state index contributed by atoms with van der Waals surface area (Å²) in [5.74, 6) is 1.98. The fourth-order valence-electron chi connectivity index (χ4n) is 4.12. The lowest BCUT2D eigenvalue weighted by molar-refractivity contribution is -0.140. The molecule has 8 heteroatoms. The molecule has 0 aromatic heterocycles. The Bertz CT molecular complexity index is 511. The van der Waals surface area contributed by atoms with Crippen LogP contribution in [0.4, 0.5) is 0 Å². The van der Waals surface area contributed by atoms with Gasteiger partial charge >= 0.3 is 0 Å². The average molecular weight is 411 g/mol. The van der Waals surface area contributed by atoms with E-state index < -0.39 is 0 Å². The van der Waals surface area contributed by atoms with E-state index in [1.165, 1.54) is 0 Å². The summed E-state index contributed by atoms with van der Waals surface area (Å²) in [5, 5.41) is 3.40. The van der Waals surface area contributed by atoms with Crippen LogP contribution in [0.3, 0.4) is 0 Å². The number of aliphatic imine (C=N–C) groups is 1. The zero-order valence-corrected chi connectivity index (χ0v) is 17.9. The molecule has 0 aromatic rings. The number of guanidine groups is 1. The number of likely N-dealkylation sites (tertiary alicyclic amines) is 1. The van der Waals surface area contributed by atoms with E-state index in [1.807, 2.05) is 4.90 Å². The second-order valence-corrected chi connectivity index (χ2v) is 8.09. The Morgan fingerprint density at radius 2 is 1.86 bits per heavy atom. The van der Waals surface area contributed by atoms with Crippen molar-refractivity contribution >= 4 is 11.9 Å². The van der Waals surface area contributed by atoms with Gasteiger partial charge in [0.2, 0.25) is 5.91 Å². The Morgan fingerprint density at radius 1 is 1.07 bits per heavy atom. The van der Waals surface area contributed by atoms with Gasteiger partial charge in [-0.1, -0.05) is 0 Å². The Hall–Kier alpha value is -1.38. The molecule has 0 radical (unpaired) electrons. The van der Waals surface area contributed by atoms with Crippen LogP contribution in [0, 0.1) is 11.8 Å². The van der Waals surface area contributed by atoms with Gasteiger partial charge in [-0.2, -0.15) is 0 Å². The van der Waals surface area contributed by atoms with Crippen molar-refractivity contribution in [3.8, 4) is 0 Å². The van der Waals surface area contributed by atoms with Crippen LogP contribution in [-0.4, -0.2) is 101 Å². The minimum atomic E-state index is 0.139. The number of morpholine rings is 1. The summed E-state index contributed by atoms with van der Waals surface area (Å²) in [6, 6.07) is 0. The maximum Gasteiger partial charge on any atom is 0.225 e. The second kappa shape index (κ2) is 12.3. The Labute approximate surface area is 174 Å². The molecule has 166 valence electrons. The van der Waals surface area contributed by atoms with Gasteiger partial charge in [0.25, 0.3) is 0 Å². The highest BCUT2D eigenvalue weighted by Crippen LogP contribution is 2.20. The topological polar surface area (TPSA) is 75.6 Å². The number of hydrogen-bond donors (Lipinski definition) is 1. The van der Waals surface area contributed by atoms with Gasteiger partial charge in [0, 0.05) is 64.3 Å². The fourth-order valence-corrected chi connectivity index (χ4v) is 4.12. The zero-order valence-electron chi connectivity index (χ0n) is 17.9. The molecule has 0 aromatic carbocycles. The van der Waals surface area contributed by atoms with Gasteiger partial charge in [0.1, 0.15) is 0 Å². The van der Waals surface area contributed by atoms with E-state index in [2.05, 4.69) is 17.1 Å². The normalized spacial score (nSPS) is 24.2. The molecular weight excluding hydrogens is 372 g/mol. The summed E-state index contributed by atoms with van der Waals surface area (Å²) < 4.78 is 16.5. The van der Waals surface area contributed by atoms with Gasteiger partial charge in [0.15, 0.2) is 5.96 Å². The van der Waals surface area contributed by atoms with Crippen LogP contribution < -0.4 is 5.32 Å². The molecule has 1 amide bonds. The van der Waals surface area contributed by atoms with Crippen LogP contribution in [0.1, 0.15) is 32.6 Å². The summed E-state index contributed by atoms with van der Waals surface area (Å²) in [5.41, 5.74) is 0. The first-order valence-corrected chi connectivity index (χ1v) is 11.3. The molecule has 0 spiro atoms. The highest BCUT2D eigenvalue weighted by atomic mass is 16.5. The van der Waals surface area contributed by atoms with Crippen molar-refractivity contribution in [2.75, 3.05) is 78.9 Å². The van der Waals surface area contributed by atoms with Crippen LogP contribution in [0.2, 0.25) is 0 Å². The van der Waals surface area contributed by atoms with Gasteiger partial charge < -0.3 is 29.3 Å². The molecule has 8 nitrogen and oxygen atoms in total. The van der Waals surface area contributed by atoms with E-state index in [9.17, 15) is 4.79 Å². The number of piperidine rings is 1. The van der Waals surface area contributed by atoms with E-state index in [4.69, 9.17) is 19.2 Å². The largest absolute Gasteiger partial charge is 0.381 e. The highest BCUT2D eigenvalue weighted by Gasteiger charge is 2.30. The lowest BCUT2D eigenvalue weighted by atomic mass is 9.95. The number of hydrogen-bond acceptors (Lipinski definition) is 5. The molecule has 0 saturated carbocycles. The van der Waals surface area contributed by atoms with Gasteiger partial charge in [-0.25, -0.2) is 0 Å². The van der Waals surface area contributed by atoms with Crippen molar-refractivity contribution in [3.05, 3.63) is 0 Å². The van der Waals surface area contributed by atoms with Gasteiger partial charge in [0.05, 0.1) is 26.4 Å². The molecule has 0 bridgehead atoms. The summed E-state index contributed by atoms with van der Waals surface area (Å²) in [7, 11) is 0. The standard InChI is InChI=1S/C21H38N4O4/c1-2-22-21(23-7-3-12-28-16-18-6-13-29-17-18)25-8-4-19(5-9-25)20(26)24-10-14-27-15-11-24/h18-19H,2-17H2,1H3,(H,22,23). The summed E-state index contributed by atoms with van der Waals surface area (Å²) >= 11 is 0. The lowest BCUT2D eigenvalue weighted by Crippen LogP contribution is -2.50. The third-order valence-electron chi connectivity index (χ3n) is 5.89. The molecule has 3 fully saturated rings. The molecule has 3 rings (SSSR count). The first-order chi connectivity index (χ1) is 14.3. The molecule has 0 aliphatic carbocycles. The summed E-state index contributed by atoms with van der Waals surface area (Å²) in [6.45, 7) is 11.5. The van der Waals surface area contributed by atoms with E-state index in [1.54, 1.807) is 0 Å². The Balaban J connectivity index is 1.36. The number of carbonyl (C=O) groups is 1. The molecule has 3 heterocycles. The zero-order chi connectivity index (χ0) is 20.3. The van der Waals surface area contributed by atoms with Crippen molar-refractivity contribution in [1.82, 2.24) is 15.1 Å². The monoisotopic (exact) mass is 410 g/mol. The maximum atomic E-state index is 12.7. The van der Waals surface area contributed by atoms with Crippen LogP contribution >= 0.6 is 0 Å². The van der Waals surface area contributed by atoms with E-state index in [0.717, 1.165) is 97.3 Å². The SMILES string of the molecule is CCNC(=NCCCOCC1CCOC1)N1CCC(C(=O)N2CCOCC2)CC1. The molecule has 29 heavy (non-hydrogen) atoms. The minimum Gasteiger partial charge on any atom is -0.381 e. The van der Waals surface area contributed by atoms with E-state index in [0.29, 0.717) is 25.0 Å². The maximum absolute atomic E-state index is 12.7. The van der Waals surface area contributed by atoms with Crippen molar-refractivity contribution in [2.24, 2.45) is 16.8 Å². The fraction of sp³-hybridized carbons (Fsp3) is 0.905. The first-order valence-electron chi connectivity index (χ1n) is 11.3. The highest BCUT2D eigenvalue weighted by molar-refractivity contribution is 5.81. The number of amides is 1. The van der Waals surface area contributed by atoms with Gasteiger partial charge in [-0.15, -0.1) is 0 Å². The molecular formula is C21H38N4O4. The summed E-state index contributed by atoms with van der Waals surface area (Å²) in [6.07, 6.45) is 3.83. The number of rotatable bonds is 8. The second-order valence-electron chi connectivity index (χ2n) is 8.09. The average Bonchev–Trinajstić information content (AvgIpc) is 3.29. The van der Waals surface area contributed by atoms with E-state index in [-0.39, 0.29) is 5.92 Å². The number of nitrogens with zero attached hydrogens (tertiary/aromatic N) is 3. The minimum absolute atomic E-state index is 0.139. The Morgan fingerprint density at radius 3 is 2.55 bits per heavy atom.